The second-order valence-corrected chi connectivity index (χ2v) is 5.27. The lowest BCUT2D eigenvalue weighted by Crippen LogP contribution is -1.99. The van der Waals surface area contributed by atoms with E-state index in [-0.39, 0.29) is 0 Å². The number of hydrogen-bond donors (Lipinski definition) is 0. The van der Waals surface area contributed by atoms with Crippen molar-refractivity contribution in [2.24, 2.45) is 7.05 Å². The van der Waals surface area contributed by atoms with Crippen LogP contribution in [0.15, 0.2) is 17.0 Å². The van der Waals surface area contributed by atoms with Gasteiger partial charge in [0.2, 0.25) is 0 Å². The van der Waals surface area contributed by atoms with Crippen molar-refractivity contribution in [3.05, 3.63) is 33.7 Å². The van der Waals surface area contributed by atoms with Gasteiger partial charge in [-0.15, -0.1) is 0 Å². The van der Waals surface area contributed by atoms with E-state index in [2.05, 4.69) is 47.8 Å². The topological polar surface area (TPSA) is 27.1 Å². The van der Waals surface area contributed by atoms with Gasteiger partial charge in [0.1, 0.15) is 10.4 Å². The number of ether oxygens (including phenoxy) is 1. The molecule has 1 aromatic carbocycles. The molecule has 2 rings (SSSR count). The van der Waals surface area contributed by atoms with Crippen molar-refractivity contribution >= 4 is 15.9 Å². The first-order chi connectivity index (χ1) is 8.47. The number of hydrogen-bond acceptors (Lipinski definition) is 2. The number of rotatable bonds is 2. The molecule has 96 valence electrons. The molecule has 2 aromatic rings. The van der Waals surface area contributed by atoms with E-state index >= 15 is 0 Å². The van der Waals surface area contributed by atoms with Gasteiger partial charge >= 0.3 is 0 Å². The Labute approximate surface area is 116 Å². The molecular weight excluding hydrogens is 292 g/mol. The lowest BCUT2D eigenvalue weighted by atomic mass is 9.97. The van der Waals surface area contributed by atoms with Crippen LogP contribution in [0.4, 0.5) is 0 Å². The highest BCUT2D eigenvalue weighted by molar-refractivity contribution is 9.10. The quantitative estimate of drug-likeness (QED) is 0.844. The van der Waals surface area contributed by atoms with Gasteiger partial charge in [-0.05, 0) is 59.5 Å². The minimum Gasteiger partial charge on any atom is -0.496 e. The second kappa shape index (κ2) is 4.76. The molecule has 0 radical (unpaired) electrons. The van der Waals surface area contributed by atoms with Crippen molar-refractivity contribution in [1.82, 2.24) is 9.55 Å². The first-order valence-corrected chi connectivity index (χ1v) is 6.58. The van der Waals surface area contributed by atoms with Crippen molar-refractivity contribution in [3.8, 4) is 17.0 Å². The summed E-state index contributed by atoms with van der Waals surface area (Å²) >= 11 is 3.51. The van der Waals surface area contributed by atoms with Crippen LogP contribution in [0.2, 0.25) is 0 Å². The van der Waals surface area contributed by atoms with Crippen molar-refractivity contribution in [2.75, 3.05) is 7.11 Å². The number of nitrogens with zero attached hydrogens (tertiary/aromatic N) is 2. The largest absolute Gasteiger partial charge is 0.496 e. The Morgan fingerprint density at radius 3 is 2.39 bits per heavy atom. The Hall–Kier alpha value is -1.29. The van der Waals surface area contributed by atoms with Gasteiger partial charge in [-0.3, -0.25) is 0 Å². The van der Waals surface area contributed by atoms with Gasteiger partial charge < -0.3 is 9.30 Å². The van der Waals surface area contributed by atoms with Crippen LogP contribution in [0.5, 0.6) is 5.75 Å². The average molecular weight is 309 g/mol. The van der Waals surface area contributed by atoms with E-state index in [1.165, 1.54) is 16.7 Å². The SMILES string of the molecule is COc1c(C)cc(-c2c(Br)ncn2C)c(C)c1C. The lowest BCUT2D eigenvalue weighted by Gasteiger charge is -2.16. The van der Waals surface area contributed by atoms with E-state index in [9.17, 15) is 0 Å². The maximum Gasteiger partial charge on any atom is 0.132 e. The van der Waals surface area contributed by atoms with Crippen LogP contribution >= 0.6 is 15.9 Å². The van der Waals surface area contributed by atoms with E-state index in [1.54, 1.807) is 7.11 Å². The van der Waals surface area contributed by atoms with Crippen LogP contribution in [-0.4, -0.2) is 16.7 Å². The van der Waals surface area contributed by atoms with Gasteiger partial charge in [-0.1, -0.05) is 0 Å². The highest BCUT2D eigenvalue weighted by Crippen LogP contribution is 2.36. The summed E-state index contributed by atoms with van der Waals surface area (Å²) in [5.41, 5.74) is 5.84. The summed E-state index contributed by atoms with van der Waals surface area (Å²) in [7, 11) is 3.72. The third-order valence-corrected chi connectivity index (χ3v) is 3.96. The molecule has 18 heavy (non-hydrogen) atoms. The zero-order valence-corrected chi connectivity index (χ0v) is 12.9. The summed E-state index contributed by atoms with van der Waals surface area (Å²) in [6, 6.07) is 2.16. The fraction of sp³-hybridized carbons (Fsp3) is 0.357. The minimum atomic E-state index is 0.872. The number of halogens is 1. The molecular formula is C14H17BrN2O. The van der Waals surface area contributed by atoms with E-state index in [0.29, 0.717) is 0 Å². The molecule has 0 fully saturated rings. The monoisotopic (exact) mass is 308 g/mol. The van der Waals surface area contributed by atoms with Crippen molar-refractivity contribution < 1.29 is 4.74 Å². The Morgan fingerprint density at radius 2 is 1.89 bits per heavy atom. The van der Waals surface area contributed by atoms with Crippen LogP contribution in [0.25, 0.3) is 11.3 Å². The Bertz CT molecular complexity index is 583. The van der Waals surface area contributed by atoms with Crippen LogP contribution in [-0.2, 0) is 7.05 Å². The summed E-state index contributed by atoms with van der Waals surface area (Å²) in [4.78, 5) is 4.28. The van der Waals surface area contributed by atoms with Crippen molar-refractivity contribution in [2.45, 2.75) is 20.8 Å². The molecule has 0 saturated carbocycles. The molecule has 0 N–H and O–H groups in total. The number of methoxy groups -OCH3 is 1. The third kappa shape index (κ3) is 1.94. The number of benzene rings is 1. The zero-order valence-electron chi connectivity index (χ0n) is 11.3. The minimum absolute atomic E-state index is 0.872. The van der Waals surface area contributed by atoms with Gasteiger partial charge in [0.25, 0.3) is 0 Å². The van der Waals surface area contributed by atoms with Gasteiger partial charge in [0.05, 0.1) is 19.1 Å². The number of aryl methyl sites for hydroxylation is 2. The summed E-state index contributed by atoms with van der Waals surface area (Å²) in [5, 5.41) is 0. The summed E-state index contributed by atoms with van der Waals surface area (Å²) in [6.07, 6.45) is 1.81. The summed E-state index contributed by atoms with van der Waals surface area (Å²) in [5.74, 6) is 0.967. The average Bonchev–Trinajstić information content (AvgIpc) is 2.65. The molecule has 0 aliphatic heterocycles. The van der Waals surface area contributed by atoms with Crippen molar-refractivity contribution in [1.29, 1.82) is 0 Å². The van der Waals surface area contributed by atoms with Crippen LogP contribution in [0, 0.1) is 20.8 Å². The molecule has 3 nitrogen and oxygen atoms in total. The molecule has 0 saturated heterocycles. The predicted molar refractivity (Wildman–Crippen MR) is 77.1 cm³/mol. The first kappa shape index (κ1) is 13.1. The van der Waals surface area contributed by atoms with Crippen LogP contribution < -0.4 is 4.74 Å². The molecule has 4 heteroatoms. The highest BCUT2D eigenvalue weighted by atomic mass is 79.9. The first-order valence-electron chi connectivity index (χ1n) is 5.79. The fourth-order valence-corrected chi connectivity index (χ4v) is 2.91. The number of aromatic nitrogens is 2. The highest BCUT2D eigenvalue weighted by Gasteiger charge is 2.16. The fourth-order valence-electron chi connectivity index (χ4n) is 2.32. The molecule has 0 amide bonds. The number of imidazole rings is 1. The van der Waals surface area contributed by atoms with Gasteiger partial charge in [-0.2, -0.15) is 0 Å². The molecule has 0 spiro atoms. The van der Waals surface area contributed by atoms with E-state index in [1.807, 2.05) is 17.9 Å². The molecule has 0 atom stereocenters. The van der Waals surface area contributed by atoms with E-state index in [0.717, 1.165) is 21.6 Å². The molecule has 1 aromatic heterocycles. The van der Waals surface area contributed by atoms with Gasteiger partial charge in [0.15, 0.2) is 0 Å². The van der Waals surface area contributed by atoms with Crippen LogP contribution in [0.1, 0.15) is 16.7 Å². The Balaban J connectivity index is 2.74. The van der Waals surface area contributed by atoms with Gasteiger partial charge in [-0.25, -0.2) is 4.98 Å². The maximum atomic E-state index is 5.46. The Morgan fingerprint density at radius 1 is 1.22 bits per heavy atom. The molecule has 0 bridgehead atoms. The van der Waals surface area contributed by atoms with Gasteiger partial charge in [0, 0.05) is 12.6 Å². The van der Waals surface area contributed by atoms with Crippen LogP contribution in [0.3, 0.4) is 0 Å². The summed E-state index contributed by atoms with van der Waals surface area (Å²) < 4.78 is 8.35. The zero-order chi connectivity index (χ0) is 13.4. The molecule has 1 heterocycles. The standard InChI is InChI=1S/C14H17BrN2O/c1-8-6-11(9(2)10(3)13(8)18-5)12-14(15)16-7-17(12)4/h6-7H,1-5H3. The molecule has 0 unspecified atom stereocenters. The Kier molecular flexibility index (Phi) is 3.48. The van der Waals surface area contributed by atoms with Crippen molar-refractivity contribution in [3.63, 3.8) is 0 Å². The summed E-state index contributed by atoms with van der Waals surface area (Å²) in [6.45, 7) is 6.28. The smallest absolute Gasteiger partial charge is 0.132 e. The normalized spacial score (nSPS) is 10.8. The lowest BCUT2D eigenvalue weighted by molar-refractivity contribution is 0.408. The maximum absolute atomic E-state index is 5.46. The second-order valence-electron chi connectivity index (χ2n) is 4.52. The predicted octanol–water partition coefficient (Wildman–Crippen LogP) is 3.78. The van der Waals surface area contributed by atoms with E-state index < -0.39 is 0 Å². The third-order valence-electron chi connectivity index (χ3n) is 3.38. The van der Waals surface area contributed by atoms with E-state index in [4.69, 9.17) is 4.74 Å². The molecule has 0 aliphatic carbocycles. The molecule has 0 aliphatic rings.